The Morgan fingerprint density at radius 1 is 0.933 bits per heavy atom. The maximum atomic E-state index is 13.7. The second kappa shape index (κ2) is 7.31. The zero-order chi connectivity index (χ0) is 22.3. The van der Waals surface area contributed by atoms with Gasteiger partial charge in [0.25, 0.3) is 0 Å². The van der Waals surface area contributed by atoms with Crippen molar-refractivity contribution in [2.75, 3.05) is 0 Å². The number of urea groups is 1. The van der Waals surface area contributed by atoms with Crippen molar-refractivity contribution in [1.29, 1.82) is 0 Å². The summed E-state index contributed by atoms with van der Waals surface area (Å²) in [5, 5.41) is 13.8. The summed E-state index contributed by atoms with van der Waals surface area (Å²) in [6.45, 7) is 0. The van der Waals surface area contributed by atoms with Crippen molar-refractivity contribution in [3.05, 3.63) is 71.3 Å². The molecule has 3 N–H and O–H groups in total. The van der Waals surface area contributed by atoms with Gasteiger partial charge in [0, 0.05) is 5.56 Å². The van der Waals surface area contributed by atoms with Gasteiger partial charge in [0.05, 0.1) is 11.6 Å². The molecule has 11 heteroatoms. The van der Waals surface area contributed by atoms with Crippen LogP contribution >= 0.6 is 0 Å². The molecule has 0 radical (unpaired) electrons. The van der Waals surface area contributed by atoms with Crippen LogP contribution in [-0.4, -0.2) is 28.8 Å². The molecular formula is C19H14F6N2O3. The molecule has 1 fully saturated rings. The number of halogens is 6. The highest BCUT2D eigenvalue weighted by atomic mass is 19.4. The van der Waals surface area contributed by atoms with Crippen LogP contribution in [0.15, 0.2) is 54.6 Å². The zero-order valence-corrected chi connectivity index (χ0v) is 14.9. The summed E-state index contributed by atoms with van der Waals surface area (Å²) < 4.78 is 79.6. The first-order chi connectivity index (χ1) is 13.8. The lowest BCUT2D eigenvalue weighted by Gasteiger charge is -2.45. The topological polar surface area (TPSA) is 78.4 Å². The van der Waals surface area contributed by atoms with Crippen molar-refractivity contribution >= 4 is 11.8 Å². The normalized spacial score (nSPS) is 24.7. The lowest BCUT2D eigenvalue weighted by molar-refractivity contribution is -0.287. The summed E-state index contributed by atoms with van der Waals surface area (Å²) in [4.78, 5) is 24.8. The maximum Gasteiger partial charge on any atom is 0.437 e. The smallest absolute Gasteiger partial charge is 0.363 e. The molecule has 1 saturated heterocycles. The van der Waals surface area contributed by atoms with Crippen molar-refractivity contribution in [1.82, 2.24) is 10.6 Å². The summed E-state index contributed by atoms with van der Waals surface area (Å²) in [6.07, 6.45) is -10.1. The van der Waals surface area contributed by atoms with E-state index in [1.54, 1.807) is 0 Å². The van der Waals surface area contributed by atoms with Gasteiger partial charge in [-0.1, -0.05) is 42.5 Å². The van der Waals surface area contributed by atoms with E-state index >= 15 is 0 Å². The Hall–Kier alpha value is -3.08. The number of ketones is 1. The molecule has 0 bridgehead atoms. The molecule has 0 aromatic heterocycles. The molecule has 2 aromatic rings. The predicted molar refractivity (Wildman–Crippen MR) is 91.1 cm³/mol. The van der Waals surface area contributed by atoms with Gasteiger partial charge >= 0.3 is 18.4 Å². The number of carbonyl (C=O) groups excluding carboxylic acids is 2. The number of Topliss-reactive ketones (excluding diaryl/α,β-unsaturated/α-hetero) is 1. The van der Waals surface area contributed by atoms with Crippen LogP contribution in [0.4, 0.5) is 31.1 Å². The molecule has 3 rings (SSSR count). The fourth-order valence-electron chi connectivity index (χ4n) is 3.28. The SMILES string of the molecule is O=C1N[C@H](c2ccc(C(F)(F)F)cc2)[C@H](C(=O)c2ccccc2)[C@](O)(C(F)(F)F)N1. The van der Waals surface area contributed by atoms with Gasteiger partial charge in [-0.2, -0.15) is 26.3 Å². The van der Waals surface area contributed by atoms with Crippen molar-refractivity contribution in [2.24, 2.45) is 5.92 Å². The number of alkyl halides is 6. The third kappa shape index (κ3) is 3.84. The van der Waals surface area contributed by atoms with E-state index in [4.69, 9.17) is 0 Å². The van der Waals surface area contributed by atoms with Crippen LogP contribution in [0.25, 0.3) is 0 Å². The summed E-state index contributed by atoms with van der Waals surface area (Å²) in [5.74, 6) is -3.47. The summed E-state index contributed by atoms with van der Waals surface area (Å²) in [5.41, 5.74) is -5.41. The van der Waals surface area contributed by atoms with Crippen LogP contribution in [0.5, 0.6) is 0 Å². The van der Waals surface area contributed by atoms with E-state index in [1.807, 2.05) is 0 Å². The Labute approximate surface area is 165 Å². The zero-order valence-electron chi connectivity index (χ0n) is 14.9. The summed E-state index contributed by atoms with van der Waals surface area (Å²) >= 11 is 0. The lowest BCUT2D eigenvalue weighted by atomic mass is 9.77. The molecule has 5 nitrogen and oxygen atoms in total. The number of carbonyl (C=O) groups is 2. The van der Waals surface area contributed by atoms with Gasteiger partial charge in [-0.3, -0.25) is 4.79 Å². The van der Waals surface area contributed by atoms with Gasteiger partial charge in [-0.25, -0.2) is 4.79 Å². The molecule has 30 heavy (non-hydrogen) atoms. The number of aliphatic hydroxyl groups is 1. The number of nitrogens with one attached hydrogen (secondary N) is 2. The number of amides is 2. The van der Waals surface area contributed by atoms with Gasteiger partial charge in [0.15, 0.2) is 5.78 Å². The lowest BCUT2D eigenvalue weighted by Crippen LogP contribution is -2.72. The molecule has 2 aromatic carbocycles. The second-order valence-electron chi connectivity index (χ2n) is 6.67. The Morgan fingerprint density at radius 3 is 2.00 bits per heavy atom. The molecule has 1 aliphatic heterocycles. The van der Waals surface area contributed by atoms with Crippen LogP contribution in [0, 0.1) is 5.92 Å². The number of rotatable bonds is 3. The van der Waals surface area contributed by atoms with Crippen molar-refractivity contribution in [2.45, 2.75) is 24.1 Å². The van der Waals surface area contributed by atoms with Crippen molar-refractivity contribution in [3.63, 3.8) is 0 Å². The first-order valence-electron chi connectivity index (χ1n) is 8.49. The maximum absolute atomic E-state index is 13.7. The first-order valence-corrected chi connectivity index (χ1v) is 8.49. The monoisotopic (exact) mass is 432 g/mol. The van der Waals surface area contributed by atoms with Crippen LogP contribution in [0.3, 0.4) is 0 Å². The Bertz CT molecular complexity index is 943. The highest BCUT2D eigenvalue weighted by Crippen LogP contribution is 2.44. The minimum Gasteiger partial charge on any atom is -0.363 e. The van der Waals surface area contributed by atoms with E-state index < -0.39 is 47.4 Å². The average Bonchev–Trinajstić information content (AvgIpc) is 2.66. The van der Waals surface area contributed by atoms with Crippen LogP contribution in [-0.2, 0) is 6.18 Å². The van der Waals surface area contributed by atoms with Crippen molar-refractivity contribution < 1.29 is 41.0 Å². The quantitative estimate of drug-likeness (QED) is 0.510. The average molecular weight is 432 g/mol. The first kappa shape index (κ1) is 21.6. The molecule has 0 aliphatic carbocycles. The Balaban J connectivity index is 2.13. The van der Waals surface area contributed by atoms with Crippen LogP contribution < -0.4 is 10.6 Å². The standard InChI is InChI=1S/C19H14F6N2O3/c20-18(21,22)12-8-6-10(7-9-12)14-13(15(28)11-4-2-1-3-5-11)17(30,19(23,24)25)27-16(29)26-14/h1-9,13-14,30H,(H2,26,27,29)/t13-,14-,17+/m1/s1. The minimum atomic E-state index is -5.45. The Kier molecular flexibility index (Phi) is 5.27. The number of hydrogen-bond acceptors (Lipinski definition) is 3. The molecule has 3 atom stereocenters. The highest BCUT2D eigenvalue weighted by Gasteiger charge is 2.66. The fraction of sp³-hybridized carbons (Fsp3) is 0.263. The van der Waals surface area contributed by atoms with E-state index in [-0.39, 0.29) is 11.1 Å². The third-order valence-corrected chi connectivity index (χ3v) is 4.74. The van der Waals surface area contributed by atoms with Gasteiger partial charge in [-0.05, 0) is 17.7 Å². The number of benzene rings is 2. The molecule has 0 spiro atoms. The summed E-state index contributed by atoms with van der Waals surface area (Å²) in [7, 11) is 0. The van der Waals surface area contributed by atoms with Gasteiger partial charge in [0.2, 0.25) is 5.72 Å². The summed E-state index contributed by atoms with van der Waals surface area (Å²) in [6, 6.07) is 6.48. The number of hydrogen-bond donors (Lipinski definition) is 3. The van der Waals surface area contributed by atoms with Gasteiger partial charge in [0.1, 0.15) is 5.92 Å². The second-order valence-corrected chi connectivity index (χ2v) is 6.67. The van der Waals surface area contributed by atoms with Crippen LogP contribution in [0.2, 0.25) is 0 Å². The minimum absolute atomic E-state index is 0.181. The molecule has 0 unspecified atom stereocenters. The van der Waals surface area contributed by atoms with E-state index in [0.717, 1.165) is 12.1 Å². The molecule has 1 aliphatic rings. The largest absolute Gasteiger partial charge is 0.437 e. The van der Waals surface area contributed by atoms with Crippen molar-refractivity contribution in [3.8, 4) is 0 Å². The molecule has 1 heterocycles. The van der Waals surface area contributed by atoms with Crippen LogP contribution in [0.1, 0.15) is 27.5 Å². The third-order valence-electron chi connectivity index (χ3n) is 4.74. The fourth-order valence-corrected chi connectivity index (χ4v) is 3.28. The van der Waals surface area contributed by atoms with E-state index in [2.05, 4.69) is 5.32 Å². The molecule has 0 saturated carbocycles. The highest BCUT2D eigenvalue weighted by molar-refractivity contribution is 6.00. The van der Waals surface area contributed by atoms with Gasteiger partial charge in [-0.15, -0.1) is 0 Å². The predicted octanol–water partition coefficient (Wildman–Crippen LogP) is 3.81. The van der Waals surface area contributed by atoms with E-state index in [9.17, 15) is 41.0 Å². The van der Waals surface area contributed by atoms with E-state index in [1.165, 1.54) is 35.6 Å². The molecular weight excluding hydrogens is 418 g/mol. The molecule has 2 amide bonds. The Morgan fingerprint density at radius 2 is 1.50 bits per heavy atom. The van der Waals surface area contributed by atoms with E-state index in [0.29, 0.717) is 12.1 Å². The molecule has 160 valence electrons. The van der Waals surface area contributed by atoms with Gasteiger partial charge < -0.3 is 15.7 Å².